The fourth-order valence-corrected chi connectivity index (χ4v) is 2.86. The Morgan fingerprint density at radius 3 is 3.12 bits per heavy atom. The molecule has 0 spiro atoms. The number of hydrogen-bond donors (Lipinski definition) is 1. The standard InChI is InChI=1S/C16H16N4O4/c21-12-3-5-20-14(15(12)24-9-11-2-1-4-17-8-11)16(22)19-6-7-23-10-13(19)18-20/h1-5,8,13,18H,6-7,9-10H2/t13-/m0/s1. The van der Waals surface area contributed by atoms with E-state index in [9.17, 15) is 9.59 Å². The number of aromatic nitrogens is 2. The van der Waals surface area contributed by atoms with Crippen molar-refractivity contribution < 1.29 is 14.3 Å². The van der Waals surface area contributed by atoms with Gasteiger partial charge in [-0.25, -0.2) is 0 Å². The molecule has 24 heavy (non-hydrogen) atoms. The number of fused-ring (bicyclic) bond motifs is 2. The molecule has 2 aliphatic rings. The summed E-state index contributed by atoms with van der Waals surface area (Å²) in [4.78, 5) is 30.7. The maximum absolute atomic E-state index is 12.8. The van der Waals surface area contributed by atoms with E-state index < -0.39 is 0 Å². The molecule has 1 amide bonds. The van der Waals surface area contributed by atoms with Crippen LogP contribution in [0.2, 0.25) is 0 Å². The van der Waals surface area contributed by atoms with E-state index in [0.29, 0.717) is 19.8 Å². The van der Waals surface area contributed by atoms with Gasteiger partial charge in [-0.15, -0.1) is 0 Å². The van der Waals surface area contributed by atoms with Crippen molar-refractivity contribution in [3.63, 3.8) is 0 Å². The molecule has 1 N–H and O–H groups in total. The van der Waals surface area contributed by atoms with E-state index in [0.717, 1.165) is 5.56 Å². The third kappa shape index (κ3) is 2.50. The number of nitrogens with one attached hydrogen (secondary N) is 1. The van der Waals surface area contributed by atoms with Gasteiger partial charge in [0.15, 0.2) is 11.4 Å². The molecular weight excluding hydrogens is 312 g/mol. The van der Waals surface area contributed by atoms with Crippen molar-refractivity contribution in [3.05, 3.63) is 58.3 Å². The van der Waals surface area contributed by atoms with E-state index in [1.807, 2.05) is 6.07 Å². The smallest absolute Gasteiger partial charge is 0.278 e. The van der Waals surface area contributed by atoms with Crippen LogP contribution in [0.15, 0.2) is 41.6 Å². The summed E-state index contributed by atoms with van der Waals surface area (Å²) < 4.78 is 12.6. The highest BCUT2D eigenvalue weighted by molar-refractivity contribution is 5.96. The maximum Gasteiger partial charge on any atom is 0.278 e. The first-order chi connectivity index (χ1) is 11.7. The molecule has 8 heteroatoms. The number of carbonyl (C=O) groups excluding carboxylic acids is 1. The second-order valence-electron chi connectivity index (χ2n) is 5.60. The van der Waals surface area contributed by atoms with Crippen molar-refractivity contribution in [1.82, 2.24) is 14.6 Å². The molecule has 1 saturated heterocycles. The number of ether oxygens (including phenoxy) is 2. The summed E-state index contributed by atoms with van der Waals surface area (Å²) in [5, 5.41) is 0. The summed E-state index contributed by atoms with van der Waals surface area (Å²) in [5.41, 5.74) is 3.87. The normalized spacial score (nSPS) is 19.2. The van der Waals surface area contributed by atoms with E-state index in [-0.39, 0.29) is 35.6 Å². The fourth-order valence-electron chi connectivity index (χ4n) is 2.86. The van der Waals surface area contributed by atoms with Gasteiger partial charge >= 0.3 is 0 Å². The summed E-state index contributed by atoms with van der Waals surface area (Å²) in [6.07, 6.45) is 4.62. The molecule has 4 rings (SSSR count). The molecule has 4 heterocycles. The Labute approximate surface area is 137 Å². The lowest BCUT2D eigenvalue weighted by atomic mass is 10.2. The average Bonchev–Trinajstić information content (AvgIpc) is 2.62. The van der Waals surface area contributed by atoms with Gasteiger partial charge in [0.1, 0.15) is 12.8 Å². The number of pyridine rings is 2. The zero-order chi connectivity index (χ0) is 16.5. The van der Waals surface area contributed by atoms with Gasteiger partial charge in [-0.1, -0.05) is 6.07 Å². The van der Waals surface area contributed by atoms with Crippen LogP contribution >= 0.6 is 0 Å². The van der Waals surface area contributed by atoms with Crippen molar-refractivity contribution in [2.24, 2.45) is 0 Å². The molecule has 0 bridgehead atoms. The molecule has 8 nitrogen and oxygen atoms in total. The summed E-state index contributed by atoms with van der Waals surface area (Å²) in [6, 6.07) is 5.01. The zero-order valence-electron chi connectivity index (χ0n) is 12.8. The minimum absolute atomic E-state index is 0.0452. The predicted molar refractivity (Wildman–Crippen MR) is 84.3 cm³/mol. The van der Waals surface area contributed by atoms with E-state index >= 15 is 0 Å². The van der Waals surface area contributed by atoms with Crippen LogP contribution in [0.1, 0.15) is 16.1 Å². The van der Waals surface area contributed by atoms with Gasteiger partial charge in [0.2, 0.25) is 5.43 Å². The second kappa shape index (κ2) is 5.97. The monoisotopic (exact) mass is 328 g/mol. The molecule has 0 saturated carbocycles. The number of hydrogen-bond acceptors (Lipinski definition) is 6. The average molecular weight is 328 g/mol. The van der Waals surface area contributed by atoms with Crippen molar-refractivity contribution >= 4 is 5.91 Å². The molecule has 1 fully saturated rings. The number of morpholine rings is 1. The van der Waals surface area contributed by atoms with Crippen molar-refractivity contribution in [3.8, 4) is 5.75 Å². The van der Waals surface area contributed by atoms with Crippen LogP contribution in [-0.4, -0.2) is 46.4 Å². The molecule has 2 aromatic heterocycles. The van der Waals surface area contributed by atoms with E-state index in [1.165, 1.54) is 10.7 Å². The van der Waals surface area contributed by atoms with Crippen LogP contribution in [0.3, 0.4) is 0 Å². The van der Waals surface area contributed by atoms with Crippen molar-refractivity contribution in [2.45, 2.75) is 12.8 Å². The third-order valence-electron chi connectivity index (χ3n) is 4.04. The van der Waals surface area contributed by atoms with Gasteiger partial charge in [0.05, 0.1) is 13.2 Å². The lowest BCUT2D eigenvalue weighted by molar-refractivity contribution is -0.00326. The Hall–Kier alpha value is -2.87. The number of nitrogens with zero attached hydrogens (tertiary/aromatic N) is 3. The topological polar surface area (TPSA) is 85.7 Å². The quantitative estimate of drug-likeness (QED) is 0.865. The molecule has 0 radical (unpaired) electrons. The van der Waals surface area contributed by atoms with E-state index in [1.54, 1.807) is 29.6 Å². The SMILES string of the molecule is O=C1c2c(OCc3cccnc3)c(=O)ccn2N[C@@H]2COCCN12. The van der Waals surface area contributed by atoms with Crippen LogP contribution in [0.5, 0.6) is 5.75 Å². The van der Waals surface area contributed by atoms with Crippen LogP contribution in [0.4, 0.5) is 0 Å². The highest BCUT2D eigenvalue weighted by Gasteiger charge is 2.36. The van der Waals surface area contributed by atoms with E-state index in [4.69, 9.17) is 9.47 Å². The lowest BCUT2D eigenvalue weighted by Gasteiger charge is -2.41. The van der Waals surface area contributed by atoms with Gasteiger partial charge in [-0.3, -0.25) is 19.2 Å². The summed E-state index contributed by atoms with van der Waals surface area (Å²) in [5.74, 6) is -0.190. The molecule has 2 aliphatic heterocycles. The minimum atomic E-state index is -0.327. The third-order valence-corrected chi connectivity index (χ3v) is 4.04. The Morgan fingerprint density at radius 2 is 2.29 bits per heavy atom. The van der Waals surface area contributed by atoms with Gasteiger partial charge in [0, 0.05) is 36.8 Å². The first kappa shape index (κ1) is 14.7. The van der Waals surface area contributed by atoms with Crippen molar-refractivity contribution in [2.75, 3.05) is 25.2 Å². The molecule has 124 valence electrons. The predicted octanol–water partition coefficient (Wildman–Crippen LogP) is 0.178. The fraction of sp³-hybridized carbons (Fsp3) is 0.312. The molecular formula is C16H16N4O4. The molecule has 0 unspecified atom stereocenters. The molecule has 2 aromatic rings. The summed E-state index contributed by atoms with van der Waals surface area (Å²) >= 11 is 0. The highest BCUT2D eigenvalue weighted by Crippen LogP contribution is 2.23. The lowest BCUT2D eigenvalue weighted by Crippen LogP contribution is -2.59. The van der Waals surface area contributed by atoms with Crippen molar-refractivity contribution in [1.29, 1.82) is 0 Å². The van der Waals surface area contributed by atoms with Gasteiger partial charge < -0.3 is 19.8 Å². The zero-order valence-corrected chi connectivity index (χ0v) is 12.8. The number of amides is 1. The largest absolute Gasteiger partial charge is 0.482 e. The van der Waals surface area contributed by atoms with E-state index in [2.05, 4.69) is 10.4 Å². The molecule has 0 aliphatic carbocycles. The van der Waals surface area contributed by atoms with Gasteiger partial charge in [-0.2, -0.15) is 0 Å². The van der Waals surface area contributed by atoms with Crippen LogP contribution < -0.4 is 15.6 Å². The highest BCUT2D eigenvalue weighted by atomic mass is 16.5. The number of carbonyl (C=O) groups is 1. The Morgan fingerprint density at radius 1 is 1.38 bits per heavy atom. The number of rotatable bonds is 3. The summed E-state index contributed by atoms with van der Waals surface area (Å²) in [7, 11) is 0. The van der Waals surface area contributed by atoms with Crippen LogP contribution in [0, 0.1) is 0 Å². The van der Waals surface area contributed by atoms with Gasteiger partial charge in [-0.05, 0) is 6.07 Å². The first-order valence-electron chi connectivity index (χ1n) is 7.66. The Bertz CT molecular complexity index is 821. The Balaban J connectivity index is 1.68. The maximum atomic E-state index is 12.8. The van der Waals surface area contributed by atoms with Crippen LogP contribution in [-0.2, 0) is 11.3 Å². The van der Waals surface area contributed by atoms with Gasteiger partial charge in [0.25, 0.3) is 5.91 Å². The molecule has 1 atom stereocenters. The minimum Gasteiger partial charge on any atom is -0.482 e. The summed E-state index contributed by atoms with van der Waals surface area (Å²) in [6.45, 7) is 1.53. The first-order valence-corrected chi connectivity index (χ1v) is 7.66. The second-order valence-corrected chi connectivity index (χ2v) is 5.60. The van der Waals surface area contributed by atoms with Crippen LogP contribution in [0.25, 0.3) is 0 Å². The molecule has 0 aromatic carbocycles. The Kier molecular flexibility index (Phi) is 3.66.